The normalized spacial score (nSPS) is 24.7. The van der Waals surface area contributed by atoms with Crippen molar-refractivity contribution in [2.75, 3.05) is 33.2 Å². The van der Waals surface area contributed by atoms with Crippen LogP contribution in [0.25, 0.3) is 0 Å². The maximum Gasteiger partial charge on any atom is 0.272 e. The molecule has 2 aliphatic heterocycles. The summed E-state index contributed by atoms with van der Waals surface area (Å²) in [5.74, 6) is 0.00299. The second kappa shape index (κ2) is 8.32. The van der Waals surface area contributed by atoms with Gasteiger partial charge in [-0.25, -0.2) is 0 Å². The van der Waals surface area contributed by atoms with E-state index < -0.39 is 5.41 Å². The maximum absolute atomic E-state index is 13.4. The molecule has 4 rings (SSSR count). The van der Waals surface area contributed by atoms with Crippen LogP contribution in [0.4, 0.5) is 0 Å². The van der Waals surface area contributed by atoms with Crippen molar-refractivity contribution in [3.8, 4) is 0 Å². The lowest BCUT2D eigenvalue weighted by Gasteiger charge is -2.53. The van der Waals surface area contributed by atoms with Crippen molar-refractivity contribution >= 4 is 11.8 Å². The summed E-state index contributed by atoms with van der Waals surface area (Å²) in [7, 11) is 2.05. The standard InChI is InChI=1S/C21H28N6O2/c1-26-14-8-21(20(29)23-11-5-16-3-9-22-10-4-16)7-2-13-27(18(21)15-26)19(28)17-6-12-24-25-17/h3-4,6,9-10,12,18H,2,5,7-8,11,13-15H2,1H3,(H,23,29)(H,24,25)/t18-,21+/m0/s1. The Labute approximate surface area is 170 Å². The number of fused-ring (bicyclic) bond motifs is 1. The molecule has 8 nitrogen and oxygen atoms in total. The number of hydrogen-bond acceptors (Lipinski definition) is 5. The van der Waals surface area contributed by atoms with Crippen molar-refractivity contribution in [1.29, 1.82) is 0 Å². The number of nitrogens with zero attached hydrogens (tertiary/aromatic N) is 4. The number of carbonyl (C=O) groups excluding carboxylic acids is 2. The van der Waals surface area contributed by atoms with Crippen LogP contribution in [0.2, 0.25) is 0 Å². The van der Waals surface area contributed by atoms with E-state index >= 15 is 0 Å². The quantitative estimate of drug-likeness (QED) is 0.789. The zero-order valence-corrected chi connectivity index (χ0v) is 16.8. The van der Waals surface area contributed by atoms with Gasteiger partial charge in [-0.2, -0.15) is 5.10 Å². The predicted molar refractivity (Wildman–Crippen MR) is 108 cm³/mol. The van der Waals surface area contributed by atoms with Gasteiger partial charge in [0.05, 0.1) is 11.5 Å². The molecule has 4 heterocycles. The van der Waals surface area contributed by atoms with Gasteiger partial charge in [0.2, 0.25) is 5.91 Å². The molecule has 0 unspecified atom stereocenters. The highest BCUT2D eigenvalue weighted by atomic mass is 16.2. The number of likely N-dealkylation sites (tertiary alicyclic amines) is 2. The van der Waals surface area contributed by atoms with E-state index in [-0.39, 0.29) is 17.9 Å². The van der Waals surface area contributed by atoms with Gasteiger partial charge in [-0.15, -0.1) is 0 Å². The van der Waals surface area contributed by atoms with Crippen LogP contribution in [-0.2, 0) is 11.2 Å². The van der Waals surface area contributed by atoms with E-state index in [4.69, 9.17) is 0 Å². The highest BCUT2D eigenvalue weighted by Crippen LogP contribution is 2.43. The molecule has 0 radical (unpaired) electrons. The van der Waals surface area contributed by atoms with Crippen molar-refractivity contribution < 1.29 is 9.59 Å². The summed E-state index contributed by atoms with van der Waals surface area (Å²) in [6, 6.07) is 5.49. The predicted octanol–water partition coefficient (Wildman–Crippen LogP) is 1.09. The van der Waals surface area contributed by atoms with E-state index in [0.29, 0.717) is 25.3 Å². The number of nitrogens with one attached hydrogen (secondary N) is 2. The van der Waals surface area contributed by atoms with E-state index in [1.54, 1.807) is 24.7 Å². The van der Waals surface area contributed by atoms with Gasteiger partial charge in [0, 0.05) is 38.2 Å². The first-order valence-corrected chi connectivity index (χ1v) is 10.3. The average molecular weight is 396 g/mol. The molecule has 2 amide bonds. The van der Waals surface area contributed by atoms with Gasteiger partial charge < -0.3 is 15.1 Å². The molecule has 2 aliphatic rings. The molecular weight excluding hydrogens is 368 g/mol. The Morgan fingerprint density at radius 1 is 1.21 bits per heavy atom. The zero-order chi connectivity index (χ0) is 20.3. The second-order valence-corrected chi connectivity index (χ2v) is 8.12. The third kappa shape index (κ3) is 3.89. The van der Waals surface area contributed by atoms with Crippen LogP contribution in [0.1, 0.15) is 35.3 Å². The number of aromatic amines is 1. The Morgan fingerprint density at radius 2 is 2.03 bits per heavy atom. The minimum absolute atomic E-state index is 0.0727. The lowest BCUT2D eigenvalue weighted by molar-refractivity contribution is -0.142. The topological polar surface area (TPSA) is 94.2 Å². The number of piperidine rings is 2. The number of amides is 2. The number of rotatable bonds is 5. The Kier molecular flexibility index (Phi) is 5.62. The summed E-state index contributed by atoms with van der Waals surface area (Å²) in [5.41, 5.74) is 1.10. The van der Waals surface area contributed by atoms with E-state index in [1.165, 1.54) is 0 Å². The largest absolute Gasteiger partial charge is 0.355 e. The van der Waals surface area contributed by atoms with E-state index in [1.807, 2.05) is 17.0 Å². The molecule has 2 atom stereocenters. The van der Waals surface area contributed by atoms with Gasteiger partial charge in [-0.1, -0.05) is 0 Å². The van der Waals surface area contributed by atoms with Gasteiger partial charge in [0.1, 0.15) is 5.69 Å². The van der Waals surface area contributed by atoms with Gasteiger partial charge in [0.15, 0.2) is 0 Å². The van der Waals surface area contributed by atoms with Crippen molar-refractivity contribution in [1.82, 2.24) is 30.3 Å². The van der Waals surface area contributed by atoms with Crippen LogP contribution < -0.4 is 5.32 Å². The second-order valence-electron chi connectivity index (χ2n) is 8.12. The molecule has 0 aliphatic carbocycles. The molecule has 2 fully saturated rings. The molecule has 0 aromatic carbocycles. The molecule has 154 valence electrons. The summed E-state index contributed by atoms with van der Waals surface area (Å²) in [6.45, 7) is 2.82. The van der Waals surface area contributed by atoms with Gasteiger partial charge in [0.25, 0.3) is 5.91 Å². The van der Waals surface area contributed by atoms with Gasteiger partial charge in [-0.3, -0.25) is 19.7 Å². The Hall–Kier alpha value is -2.74. The molecule has 8 heteroatoms. The highest BCUT2D eigenvalue weighted by Gasteiger charge is 2.53. The first kappa shape index (κ1) is 19.6. The molecule has 0 spiro atoms. The number of aromatic nitrogens is 3. The maximum atomic E-state index is 13.4. The van der Waals surface area contributed by atoms with Crippen molar-refractivity contribution in [2.45, 2.75) is 31.7 Å². The average Bonchev–Trinajstić information content (AvgIpc) is 3.28. The van der Waals surface area contributed by atoms with E-state index in [0.717, 1.165) is 37.8 Å². The van der Waals surface area contributed by atoms with Crippen molar-refractivity contribution in [2.24, 2.45) is 5.41 Å². The molecule has 2 aromatic heterocycles. The first-order chi connectivity index (χ1) is 14.1. The molecule has 0 saturated carbocycles. The Morgan fingerprint density at radius 3 is 2.79 bits per heavy atom. The lowest BCUT2D eigenvalue weighted by atomic mass is 9.67. The molecule has 0 bridgehead atoms. The van der Waals surface area contributed by atoms with Crippen LogP contribution in [0.5, 0.6) is 0 Å². The monoisotopic (exact) mass is 396 g/mol. The smallest absolute Gasteiger partial charge is 0.272 e. The zero-order valence-electron chi connectivity index (χ0n) is 16.8. The van der Waals surface area contributed by atoms with Crippen molar-refractivity contribution in [3.05, 3.63) is 48.0 Å². The molecule has 29 heavy (non-hydrogen) atoms. The Balaban J connectivity index is 1.50. The third-order valence-corrected chi connectivity index (χ3v) is 6.35. The number of carbonyl (C=O) groups is 2. The number of H-pyrrole nitrogens is 1. The minimum Gasteiger partial charge on any atom is -0.355 e. The van der Waals surface area contributed by atoms with Crippen LogP contribution in [0, 0.1) is 5.41 Å². The Bertz CT molecular complexity index is 840. The number of likely N-dealkylation sites (N-methyl/N-ethyl adjacent to an activating group) is 1. The van der Waals surface area contributed by atoms with Crippen molar-refractivity contribution in [3.63, 3.8) is 0 Å². The molecule has 2 saturated heterocycles. The fraction of sp³-hybridized carbons (Fsp3) is 0.524. The molecular formula is C21H28N6O2. The number of hydrogen-bond donors (Lipinski definition) is 2. The fourth-order valence-corrected chi connectivity index (χ4v) is 4.72. The fourth-order valence-electron chi connectivity index (χ4n) is 4.72. The lowest BCUT2D eigenvalue weighted by Crippen LogP contribution is -2.66. The third-order valence-electron chi connectivity index (χ3n) is 6.35. The summed E-state index contributed by atoms with van der Waals surface area (Å²) in [4.78, 5) is 34.6. The van der Waals surface area contributed by atoms with Gasteiger partial charge in [-0.05, 0) is 63.0 Å². The molecule has 2 aromatic rings. The number of pyridine rings is 1. The van der Waals surface area contributed by atoms with Crippen LogP contribution in [-0.4, -0.2) is 76.1 Å². The van der Waals surface area contributed by atoms with Crippen LogP contribution in [0.3, 0.4) is 0 Å². The van der Waals surface area contributed by atoms with Gasteiger partial charge >= 0.3 is 0 Å². The highest BCUT2D eigenvalue weighted by molar-refractivity contribution is 5.93. The van der Waals surface area contributed by atoms with E-state index in [2.05, 4.69) is 32.4 Å². The molecule has 2 N–H and O–H groups in total. The first-order valence-electron chi connectivity index (χ1n) is 10.3. The summed E-state index contributed by atoms with van der Waals surface area (Å²) >= 11 is 0. The van der Waals surface area contributed by atoms with Crippen LogP contribution in [0.15, 0.2) is 36.8 Å². The minimum atomic E-state index is -0.529. The van der Waals surface area contributed by atoms with E-state index in [9.17, 15) is 9.59 Å². The van der Waals surface area contributed by atoms with Crippen LogP contribution >= 0.6 is 0 Å². The summed E-state index contributed by atoms with van der Waals surface area (Å²) in [5, 5.41) is 9.85. The summed E-state index contributed by atoms with van der Waals surface area (Å²) < 4.78 is 0. The summed E-state index contributed by atoms with van der Waals surface area (Å²) in [6.07, 6.45) is 8.31. The SMILES string of the molecule is CN1CC[C@]2(C(=O)NCCc3ccncc3)CCCN(C(=O)c3ccn[nH]3)[C@H]2C1.